The second-order valence-electron chi connectivity index (χ2n) is 17.8. The number of hydrogen-bond donors (Lipinski definition) is 0. The van der Waals surface area contributed by atoms with Gasteiger partial charge >= 0.3 is 11.9 Å². The van der Waals surface area contributed by atoms with E-state index < -0.39 is 32.5 Å². The minimum absolute atomic E-state index is 0.0391. The normalized spacial score (nSPS) is 13.9. The molecule has 0 aromatic rings. The van der Waals surface area contributed by atoms with Crippen LogP contribution >= 0.6 is 7.82 Å². The molecule has 0 spiro atoms. The molecule has 0 aromatic carbocycles. The fraction of sp³-hybridized carbons (Fsp3) is 0.804. The van der Waals surface area contributed by atoms with E-state index >= 15 is 0 Å². The molecule has 0 aliphatic rings. The lowest BCUT2D eigenvalue weighted by molar-refractivity contribution is -0.870. The van der Waals surface area contributed by atoms with Gasteiger partial charge in [-0.15, -0.1) is 0 Å². The van der Waals surface area contributed by atoms with E-state index in [0.717, 1.165) is 44.9 Å². The highest BCUT2D eigenvalue weighted by Crippen LogP contribution is 2.38. The lowest BCUT2D eigenvalue weighted by Crippen LogP contribution is -2.37. The summed E-state index contributed by atoms with van der Waals surface area (Å²) >= 11 is 0. The summed E-state index contributed by atoms with van der Waals surface area (Å²) in [6, 6.07) is 0. The highest BCUT2D eigenvalue weighted by Gasteiger charge is 2.21. The van der Waals surface area contributed by atoms with Crippen molar-refractivity contribution >= 4 is 19.8 Å². The lowest BCUT2D eigenvalue weighted by atomic mass is 10.0. The first-order valence-electron chi connectivity index (χ1n) is 24.8. The monoisotopic (exact) mass is 880 g/mol. The van der Waals surface area contributed by atoms with Crippen LogP contribution < -0.4 is 4.89 Å². The molecular weight excluding hydrogens is 786 g/mol. The van der Waals surface area contributed by atoms with Crippen molar-refractivity contribution in [1.29, 1.82) is 0 Å². The van der Waals surface area contributed by atoms with Gasteiger partial charge in [0.2, 0.25) is 0 Å². The molecule has 0 fully saturated rings. The minimum Gasteiger partial charge on any atom is -0.756 e. The van der Waals surface area contributed by atoms with E-state index in [1.165, 1.54) is 128 Å². The van der Waals surface area contributed by atoms with E-state index in [1.807, 2.05) is 21.1 Å². The molecule has 1 unspecified atom stereocenters. The number of phosphoric ester groups is 1. The van der Waals surface area contributed by atoms with Gasteiger partial charge in [0.25, 0.3) is 7.82 Å². The van der Waals surface area contributed by atoms with Crippen LogP contribution in [-0.2, 0) is 32.7 Å². The van der Waals surface area contributed by atoms with Gasteiger partial charge < -0.3 is 27.9 Å². The summed E-state index contributed by atoms with van der Waals surface area (Å²) < 4.78 is 33.9. The van der Waals surface area contributed by atoms with Crippen molar-refractivity contribution in [3.63, 3.8) is 0 Å². The Hall–Kier alpha value is -2.03. The molecule has 0 saturated heterocycles. The Morgan fingerprint density at radius 3 is 1.36 bits per heavy atom. The van der Waals surface area contributed by atoms with Gasteiger partial charge in [0.15, 0.2) is 6.10 Å². The van der Waals surface area contributed by atoms with Crippen LogP contribution in [0.2, 0.25) is 0 Å². The maximum atomic E-state index is 12.7. The van der Waals surface area contributed by atoms with Gasteiger partial charge in [0, 0.05) is 12.8 Å². The Kier molecular flexibility index (Phi) is 41.8. The summed E-state index contributed by atoms with van der Waals surface area (Å²) in [7, 11) is 1.14. The number of carbonyl (C=O) groups is 2. The van der Waals surface area contributed by atoms with Gasteiger partial charge in [-0.25, -0.2) is 0 Å². The van der Waals surface area contributed by atoms with E-state index in [2.05, 4.69) is 62.5 Å². The van der Waals surface area contributed by atoms with Gasteiger partial charge in [0.05, 0.1) is 27.7 Å². The third kappa shape index (κ3) is 47.3. The largest absolute Gasteiger partial charge is 0.756 e. The van der Waals surface area contributed by atoms with Crippen molar-refractivity contribution in [1.82, 2.24) is 0 Å². The molecule has 0 aliphatic heterocycles. The molecule has 0 aliphatic carbocycles. The zero-order valence-electron chi connectivity index (χ0n) is 40.1. The summed E-state index contributed by atoms with van der Waals surface area (Å²) in [5.41, 5.74) is 0. The summed E-state index contributed by atoms with van der Waals surface area (Å²) in [4.78, 5) is 37.6. The van der Waals surface area contributed by atoms with Gasteiger partial charge in [-0.05, 0) is 51.4 Å². The Morgan fingerprint density at radius 1 is 0.508 bits per heavy atom. The molecule has 0 N–H and O–H groups in total. The third-order valence-electron chi connectivity index (χ3n) is 10.6. The number of nitrogens with zero attached hydrogens (tertiary/aromatic N) is 1. The van der Waals surface area contributed by atoms with Crippen molar-refractivity contribution in [2.45, 2.75) is 219 Å². The molecular formula is C51H94NO8P. The summed E-state index contributed by atoms with van der Waals surface area (Å²) in [6.07, 6.45) is 51.5. The maximum Gasteiger partial charge on any atom is 0.306 e. The first kappa shape index (κ1) is 59.0. The number of unbranched alkanes of at least 4 members (excludes halogenated alkanes) is 23. The average Bonchev–Trinajstić information content (AvgIpc) is 3.21. The molecule has 0 amide bonds. The first-order valence-corrected chi connectivity index (χ1v) is 26.3. The van der Waals surface area contributed by atoms with Crippen LogP contribution in [0.3, 0.4) is 0 Å². The van der Waals surface area contributed by atoms with Crippen LogP contribution in [-0.4, -0.2) is 70.0 Å². The standard InChI is InChI=1S/C51H94NO8P/c1-6-8-10-12-14-16-18-20-22-24-25-26-27-28-30-31-33-35-37-39-41-43-50(53)57-47-49(48-59-61(55,56)58-46-45-52(3,4)5)60-51(54)44-42-40-38-36-34-32-29-23-21-19-17-15-13-11-9-7-2/h22,24,26-27,30-31,35,37,49H,6-21,23,25,28-29,32-34,36,38-48H2,1-5H3/b24-22+,27-26+,31-30+,37-35+/t49-/m0/s1. The van der Waals surface area contributed by atoms with Crippen LogP contribution in [0.15, 0.2) is 48.6 Å². The minimum atomic E-state index is -4.64. The number of allylic oxidation sites excluding steroid dienone is 8. The first-order chi connectivity index (χ1) is 29.5. The number of carbonyl (C=O) groups excluding carboxylic acids is 2. The molecule has 10 heteroatoms. The SMILES string of the molecule is CCCCCCCCC/C=C/C/C=C/C/C=C/C/C=C/CCCC(=O)OC[C@@H](COP(=O)([O-])OCC[N+](C)(C)C)OC(=O)CCCCCCCCCCCCCCCCCC. The quantitative estimate of drug-likeness (QED) is 0.0195. The van der Waals surface area contributed by atoms with Crippen molar-refractivity contribution < 1.29 is 42.1 Å². The highest BCUT2D eigenvalue weighted by molar-refractivity contribution is 7.45. The summed E-state index contributed by atoms with van der Waals surface area (Å²) in [5, 5.41) is 0. The van der Waals surface area contributed by atoms with E-state index in [1.54, 1.807) is 0 Å². The van der Waals surface area contributed by atoms with Crippen LogP contribution in [0.25, 0.3) is 0 Å². The van der Waals surface area contributed by atoms with E-state index in [-0.39, 0.29) is 26.1 Å². The second kappa shape index (κ2) is 43.2. The van der Waals surface area contributed by atoms with Crippen molar-refractivity contribution in [3.8, 4) is 0 Å². The predicted octanol–water partition coefficient (Wildman–Crippen LogP) is 14.0. The molecule has 2 atom stereocenters. The van der Waals surface area contributed by atoms with Gasteiger partial charge in [-0.3, -0.25) is 14.2 Å². The zero-order chi connectivity index (χ0) is 45.0. The lowest BCUT2D eigenvalue weighted by Gasteiger charge is -2.28. The van der Waals surface area contributed by atoms with Gasteiger partial charge in [0.1, 0.15) is 19.8 Å². The Bertz CT molecular complexity index is 1180. The molecule has 0 bridgehead atoms. The molecule has 356 valence electrons. The number of esters is 2. The Balaban J connectivity index is 4.36. The topological polar surface area (TPSA) is 111 Å². The molecule has 0 heterocycles. The number of rotatable bonds is 45. The Labute approximate surface area is 375 Å². The van der Waals surface area contributed by atoms with Crippen LogP contribution in [0, 0.1) is 0 Å². The summed E-state index contributed by atoms with van der Waals surface area (Å²) in [5.74, 6) is -0.894. The van der Waals surface area contributed by atoms with Crippen LogP contribution in [0.4, 0.5) is 0 Å². The Morgan fingerprint density at radius 2 is 0.902 bits per heavy atom. The van der Waals surface area contributed by atoms with Gasteiger partial charge in [-0.2, -0.15) is 0 Å². The zero-order valence-corrected chi connectivity index (χ0v) is 41.0. The molecule has 0 rings (SSSR count). The van der Waals surface area contributed by atoms with Crippen LogP contribution in [0.5, 0.6) is 0 Å². The van der Waals surface area contributed by atoms with Crippen molar-refractivity contribution in [2.75, 3.05) is 47.5 Å². The number of hydrogen-bond acceptors (Lipinski definition) is 8. The fourth-order valence-corrected chi connectivity index (χ4v) is 7.44. The smallest absolute Gasteiger partial charge is 0.306 e. The number of phosphoric acid groups is 1. The highest BCUT2D eigenvalue weighted by atomic mass is 31.2. The van der Waals surface area contributed by atoms with E-state index in [4.69, 9.17) is 18.5 Å². The molecule has 9 nitrogen and oxygen atoms in total. The van der Waals surface area contributed by atoms with Crippen molar-refractivity contribution in [2.24, 2.45) is 0 Å². The number of quaternary nitrogens is 1. The van der Waals surface area contributed by atoms with Crippen molar-refractivity contribution in [3.05, 3.63) is 48.6 Å². The molecule has 0 aromatic heterocycles. The molecule has 61 heavy (non-hydrogen) atoms. The molecule has 0 saturated carbocycles. The third-order valence-corrected chi connectivity index (χ3v) is 11.6. The number of ether oxygens (including phenoxy) is 2. The molecule has 0 radical (unpaired) electrons. The van der Waals surface area contributed by atoms with E-state index in [9.17, 15) is 19.0 Å². The second-order valence-corrected chi connectivity index (χ2v) is 19.2. The maximum absolute atomic E-state index is 12.7. The fourth-order valence-electron chi connectivity index (χ4n) is 6.71. The predicted molar refractivity (Wildman–Crippen MR) is 254 cm³/mol. The number of likely N-dealkylation sites (N-methyl/N-ethyl adjacent to an activating group) is 1. The van der Waals surface area contributed by atoms with Crippen LogP contribution in [0.1, 0.15) is 213 Å². The average molecular weight is 880 g/mol. The van der Waals surface area contributed by atoms with E-state index in [0.29, 0.717) is 23.9 Å². The van der Waals surface area contributed by atoms with Gasteiger partial charge in [-0.1, -0.05) is 197 Å². The summed E-state index contributed by atoms with van der Waals surface area (Å²) in [6.45, 7) is 4.18.